The molecule has 4 heterocycles. The number of furan rings is 1. The van der Waals surface area contributed by atoms with Gasteiger partial charge in [0, 0.05) is 51.0 Å². The number of aromatic nitrogens is 5. The Kier molecular flexibility index (Phi) is 7.02. The van der Waals surface area contributed by atoms with Crippen molar-refractivity contribution < 1.29 is 4.42 Å². The van der Waals surface area contributed by atoms with Crippen LogP contribution in [0.1, 0.15) is 0 Å². The van der Waals surface area contributed by atoms with Crippen LogP contribution >= 0.6 is 0 Å². The Bertz CT molecular complexity index is 2510. The smallest absolute Gasteiger partial charge is 0.164 e. The molecule has 6 heteroatoms. The Balaban J connectivity index is 1.19. The van der Waals surface area contributed by atoms with Crippen LogP contribution in [0.2, 0.25) is 0 Å². The quantitative estimate of drug-likeness (QED) is 0.182. The zero-order chi connectivity index (χ0) is 32.6. The minimum absolute atomic E-state index is 0.617. The van der Waals surface area contributed by atoms with Gasteiger partial charge >= 0.3 is 0 Å². The molecule has 0 saturated heterocycles. The van der Waals surface area contributed by atoms with Crippen molar-refractivity contribution >= 4 is 21.9 Å². The highest BCUT2D eigenvalue weighted by Gasteiger charge is 2.19. The van der Waals surface area contributed by atoms with Crippen molar-refractivity contribution in [1.82, 2.24) is 24.9 Å². The van der Waals surface area contributed by atoms with E-state index in [2.05, 4.69) is 52.4 Å². The van der Waals surface area contributed by atoms with Crippen molar-refractivity contribution in [2.24, 2.45) is 0 Å². The standard InChI is InChI=1S/C43H27N5O/c1-3-12-29(13-4-1)41-46-42(30-14-5-2-6-15-30)48-43(47-41)31-22-20-28(21-23-31)33-16-11-19-38-39(33)35-27-32(36-17-7-9-24-44-36)26-34(40(35)49-38)37-18-8-10-25-45-37/h1-27H. The molecule has 0 aliphatic carbocycles. The molecule has 0 amide bonds. The lowest BCUT2D eigenvalue weighted by Crippen LogP contribution is -2.00. The third-order valence-corrected chi connectivity index (χ3v) is 8.65. The molecule has 0 unspecified atom stereocenters. The highest BCUT2D eigenvalue weighted by Crippen LogP contribution is 2.42. The van der Waals surface area contributed by atoms with Crippen molar-refractivity contribution in [1.29, 1.82) is 0 Å². The molecule has 9 aromatic rings. The summed E-state index contributed by atoms with van der Waals surface area (Å²) >= 11 is 0. The monoisotopic (exact) mass is 629 g/mol. The number of pyridine rings is 2. The fourth-order valence-electron chi connectivity index (χ4n) is 6.30. The topological polar surface area (TPSA) is 77.6 Å². The van der Waals surface area contributed by atoms with Crippen molar-refractivity contribution in [3.63, 3.8) is 0 Å². The van der Waals surface area contributed by atoms with Crippen LogP contribution in [-0.2, 0) is 0 Å². The molecule has 0 fully saturated rings. The number of nitrogens with zero attached hydrogens (tertiary/aromatic N) is 5. The Hall–Kier alpha value is -6.79. The second-order valence-electron chi connectivity index (χ2n) is 11.7. The molecule has 5 aromatic carbocycles. The third kappa shape index (κ3) is 5.31. The highest BCUT2D eigenvalue weighted by atomic mass is 16.3. The summed E-state index contributed by atoms with van der Waals surface area (Å²) in [4.78, 5) is 24.0. The molecule has 0 atom stereocenters. The fraction of sp³-hybridized carbons (Fsp3) is 0. The Morgan fingerprint density at radius 1 is 0.388 bits per heavy atom. The number of rotatable bonds is 6. The molecule has 0 saturated carbocycles. The summed E-state index contributed by atoms with van der Waals surface area (Å²) < 4.78 is 6.61. The van der Waals surface area contributed by atoms with Gasteiger partial charge in [0.05, 0.1) is 11.4 Å². The van der Waals surface area contributed by atoms with Gasteiger partial charge in [-0.3, -0.25) is 9.97 Å². The average molecular weight is 630 g/mol. The fourth-order valence-corrected chi connectivity index (χ4v) is 6.30. The minimum Gasteiger partial charge on any atom is -0.455 e. The first kappa shape index (κ1) is 28.4. The zero-order valence-corrected chi connectivity index (χ0v) is 26.2. The maximum absolute atomic E-state index is 6.61. The van der Waals surface area contributed by atoms with Crippen molar-refractivity contribution in [2.45, 2.75) is 0 Å². The van der Waals surface area contributed by atoms with E-state index in [1.54, 1.807) is 0 Å². The first-order chi connectivity index (χ1) is 24.3. The van der Waals surface area contributed by atoms with Crippen molar-refractivity contribution in [3.8, 4) is 67.8 Å². The van der Waals surface area contributed by atoms with Gasteiger partial charge in [-0.05, 0) is 53.6 Å². The highest BCUT2D eigenvalue weighted by molar-refractivity contribution is 6.16. The summed E-state index contributed by atoms with van der Waals surface area (Å²) in [6.07, 6.45) is 3.63. The van der Waals surface area contributed by atoms with Crippen molar-refractivity contribution in [3.05, 3.63) is 164 Å². The molecular formula is C43H27N5O. The number of benzene rings is 5. The molecule has 0 spiro atoms. The van der Waals surface area contributed by atoms with Crippen LogP contribution in [0.15, 0.2) is 168 Å². The zero-order valence-electron chi connectivity index (χ0n) is 26.2. The largest absolute Gasteiger partial charge is 0.455 e. The third-order valence-electron chi connectivity index (χ3n) is 8.65. The van der Waals surface area contributed by atoms with Gasteiger partial charge in [0.25, 0.3) is 0 Å². The number of fused-ring (bicyclic) bond motifs is 3. The van der Waals surface area contributed by atoms with E-state index in [4.69, 9.17) is 19.4 Å². The summed E-state index contributed by atoms with van der Waals surface area (Å²) in [5, 5.41) is 2.05. The number of hydrogen-bond acceptors (Lipinski definition) is 6. The minimum atomic E-state index is 0.617. The van der Waals surface area contributed by atoms with Crippen LogP contribution in [0, 0.1) is 0 Å². The molecule has 9 rings (SSSR count). The van der Waals surface area contributed by atoms with E-state index in [1.807, 2.05) is 122 Å². The summed E-state index contributed by atoms with van der Waals surface area (Å²) in [5.41, 5.74) is 10.2. The van der Waals surface area contributed by atoms with E-state index >= 15 is 0 Å². The maximum Gasteiger partial charge on any atom is 0.164 e. The second kappa shape index (κ2) is 12.1. The molecule has 0 radical (unpaired) electrons. The summed E-state index contributed by atoms with van der Waals surface area (Å²) in [5.74, 6) is 1.89. The Morgan fingerprint density at radius 3 is 1.53 bits per heavy atom. The lowest BCUT2D eigenvalue weighted by Gasteiger charge is -2.10. The molecule has 6 nitrogen and oxygen atoms in total. The van der Waals surface area contributed by atoms with E-state index in [0.717, 1.165) is 72.3 Å². The second-order valence-corrected chi connectivity index (χ2v) is 11.7. The normalized spacial score (nSPS) is 11.3. The molecule has 4 aromatic heterocycles. The van der Waals surface area contributed by atoms with Crippen LogP contribution in [0.5, 0.6) is 0 Å². The summed E-state index contributed by atoms with van der Waals surface area (Å²) in [7, 11) is 0. The van der Waals surface area contributed by atoms with E-state index in [0.29, 0.717) is 17.5 Å². The van der Waals surface area contributed by atoms with Crippen LogP contribution in [0.3, 0.4) is 0 Å². The lowest BCUT2D eigenvalue weighted by molar-refractivity contribution is 0.670. The number of hydrogen-bond donors (Lipinski definition) is 0. The van der Waals surface area contributed by atoms with Gasteiger partial charge in [0.2, 0.25) is 0 Å². The van der Waals surface area contributed by atoms with E-state index in [1.165, 1.54) is 0 Å². The molecular weight excluding hydrogens is 603 g/mol. The Morgan fingerprint density at radius 2 is 0.939 bits per heavy atom. The van der Waals surface area contributed by atoms with Gasteiger partial charge in [0.1, 0.15) is 11.2 Å². The van der Waals surface area contributed by atoms with Gasteiger partial charge in [-0.2, -0.15) is 0 Å². The SMILES string of the molecule is c1ccc(-c2nc(-c3ccccc3)nc(-c3ccc(-c4cccc5oc6c(-c7ccccn7)cc(-c7ccccn7)cc6c45)cc3)n2)cc1. The van der Waals surface area contributed by atoms with Crippen LogP contribution in [0.4, 0.5) is 0 Å². The average Bonchev–Trinajstić information content (AvgIpc) is 3.58. The van der Waals surface area contributed by atoms with Gasteiger partial charge < -0.3 is 4.42 Å². The summed E-state index contributed by atoms with van der Waals surface area (Å²) in [6, 6.07) is 50.8. The van der Waals surface area contributed by atoms with E-state index in [-0.39, 0.29) is 0 Å². The van der Waals surface area contributed by atoms with Gasteiger partial charge in [-0.15, -0.1) is 0 Å². The molecule has 0 bridgehead atoms. The van der Waals surface area contributed by atoms with Gasteiger partial charge in [-0.1, -0.05) is 109 Å². The first-order valence-electron chi connectivity index (χ1n) is 16.1. The first-order valence-corrected chi connectivity index (χ1v) is 16.1. The van der Waals surface area contributed by atoms with Crippen LogP contribution in [-0.4, -0.2) is 24.9 Å². The molecule has 230 valence electrons. The lowest BCUT2D eigenvalue weighted by atomic mass is 9.95. The van der Waals surface area contributed by atoms with Crippen LogP contribution in [0.25, 0.3) is 89.7 Å². The molecule has 0 aliphatic rings. The van der Waals surface area contributed by atoms with Gasteiger partial charge in [-0.25, -0.2) is 15.0 Å². The Labute approximate surface area is 282 Å². The molecule has 0 N–H and O–H groups in total. The van der Waals surface area contributed by atoms with E-state index in [9.17, 15) is 0 Å². The van der Waals surface area contributed by atoms with Crippen LogP contribution < -0.4 is 0 Å². The van der Waals surface area contributed by atoms with Crippen molar-refractivity contribution in [2.75, 3.05) is 0 Å². The maximum atomic E-state index is 6.61. The molecule has 0 aliphatic heterocycles. The van der Waals surface area contributed by atoms with Gasteiger partial charge in [0.15, 0.2) is 17.5 Å². The van der Waals surface area contributed by atoms with E-state index < -0.39 is 0 Å². The summed E-state index contributed by atoms with van der Waals surface area (Å²) in [6.45, 7) is 0. The predicted molar refractivity (Wildman–Crippen MR) is 195 cm³/mol. The molecule has 49 heavy (non-hydrogen) atoms. The predicted octanol–water partition coefficient (Wildman–Crippen LogP) is 10.6.